The third-order valence-electron chi connectivity index (χ3n) is 4.01. The van der Waals surface area contributed by atoms with E-state index in [0.29, 0.717) is 17.2 Å². The summed E-state index contributed by atoms with van der Waals surface area (Å²) in [4.78, 5) is 15.2. The maximum atomic E-state index is 12.9. The molecule has 0 saturated heterocycles. The number of nitrogens with zero attached hydrogens (tertiary/aromatic N) is 1. The van der Waals surface area contributed by atoms with Crippen LogP contribution >= 0.6 is 11.3 Å². The molecule has 3 rings (SSSR count). The highest BCUT2D eigenvalue weighted by Gasteiger charge is 2.21. The van der Waals surface area contributed by atoms with Crippen LogP contribution in [0, 0.1) is 0 Å². The van der Waals surface area contributed by atoms with Gasteiger partial charge in [-0.3, -0.25) is 4.79 Å². The van der Waals surface area contributed by atoms with Gasteiger partial charge >= 0.3 is 10.1 Å². The minimum atomic E-state index is -3.68. The molecule has 1 aromatic carbocycles. The van der Waals surface area contributed by atoms with Crippen LogP contribution in [0.5, 0.6) is 5.75 Å². The lowest BCUT2D eigenvalue weighted by molar-refractivity contribution is 0.0722. The SMILES string of the molecule is CC(C)S(=O)(=O)Oc1cccc(CN(Cc2ccco2)C(=O)c2cccs2)c1. The quantitative estimate of drug-likeness (QED) is 0.509. The maximum absolute atomic E-state index is 12.9. The second kappa shape index (κ2) is 8.62. The first-order chi connectivity index (χ1) is 13.3. The highest BCUT2D eigenvalue weighted by atomic mass is 32.2. The molecule has 8 heteroatoms. The van der Waals surface area contributed by atoms with Gasteiger partial charge in [0.1, 0.15) is 11.5 Å². The van der Waals surface area contributed by atoms with Gasteiger partial charge in [0.2, 0.25) is 0 Å². The van der Waals surface area contributed by atoms with Gasteiger partial charge in [0.05, 0.1) is 22.9 Å². The zero-order valence-electron chi connectivity index (χ0n) is 15.6. The second-order valence-corrected chi connectivity index (χ2v) is 9.53. The zero-order valence-corrected chi connectivity index (χ0v) is 17.2. The standard InChI is InChI=1S/C20H21NO5S2/c1-15(2)28(23,24)26-17-7-3-6-16(12-17)13-21(14-18-8-4-10-25-18)20(22)19-9-5-11-27-19/h3-12,15H,13-14H2,1-2H3. The summed E-state index contributed by atoms with van der Waals surface area (Å²) in [7, 11) is -3.68. The third kappa shape index (κ3) is 5.02. The zero-order chi connectivity index (χ0) is 20.1. The topological polar surface area (TPSA) is 76.8 Å². The van der Waals surface area contributed by atoms with E-state index >= 15 is 0 Å². The monoisotopic (exact) mass is 419 g/mol. The van der Waals surface area contributed by atoms with E-state index in [1.807, 2.05) is 23.6 Å². The molecule has 0 bridgehead atoms. The molecule has 0 spiro atoms. The van der Waals surface area contributed by atoms with Crippen molar-refractivity contribution in [3.05, 3.63) is 76.4 Å². The summed E-state index contributed by atoms with van der Waals surface area (Å²) in [5.74, 6) is 0.778. The van der Waals surface area contributed by atoms with Gasteiger partial charge in [-0.25, -0.2) is 0 Å². The smallest absolute Gasteiger partial charge is 0.311 e. The lowest BCUT2D eigenvalue weighted by atomic mass is 10.2. The number of thiophene rings is 1. The van der Waals surface area contributed by atoms with Crippen molar-refractivity contribution < 1.29 is 21.8 Å². The summed E-state index contributed by atoms with van der Waals surface area (Å²) in [5.41, 5.74) is 0.757. The Hall–Kier alpha value is -2.58. The van der Waals surface area contributed by atoms with Gasteiger partial charge in [-0.15, -0.1) is 11.3 Å². The molecule has 0 aliphatic heterocycles. The van der Waals surface area contributed by atoms with E-state index < -0.39 is 15.4 Å². The Labute approximate surface area is 168 Å². The number of benzene rings is 1. The molecule has 0 radical (unpaired) electrons. The van der Waals surface area contributed by atoms with Crippen LogP contribution in [-0.2, 0) is 23.2 Å². The molecule has 0 N–H and O–H groups in total. The molecule has 0 fully saturated rings. The van der Waals surface area contributed by atoms with Crippen LogP contribution in [0.25, 0.3) is 0 Å². The molecule has 0 aliphatic carbocycles. The van der Waals surface area contributed by atoms with Crippen molar-refractivity contribution >= 4 is 27.4 Å². The fourth-order valence-corrected chi connectivity index (χ4v) is 3.75. The molecule has 0 aliphatic rings. The van der Waals surface area contributed by atoms with Crippen LogP contribution in [-0.4, -0.2) is 24.5 Å². The minimum absolute atomic E-state index is 0.118. The highest BCUT2D eigenvalue weighted by molar-refractivity contribution is 7.87. The number of furan rings is 1. The van der Waals surface area contributed by atoms with Crippen molar-refractivity contribution in [1.82, 2.24) is 4.90 Å². The molecule has 6 nitrogen and oxygen atoms in total. The Morgan fingerprint density at radius 3 is 2.61 bits per heavy atom. The van der Waals surface area contributed by atoms with Crippen LogP contribution in [0.1, 0.15) is 34.8 Å². The van der Waals surface area contributed by atoms with Gasteiger partial charge in [0, 0.05) is 6.54 Å². The maximum Gasteiger partial charge on any atom is 0.311 e. The average Bonchev–Trinajstić information content (AvgIpc) is 3.34. The molecule has 0 saturated carbocycles. The Kier molecular flexibility index (Phi) is 6.21. The first kappa shape index (κ1) is 20.2. The van der Waals surface area contributed by atoms with Gasteiger partial charge in [-0.05, 0) is 55.1 Å². The highest BCUT2D eigenvalue weighted by Crippen LogP contribution is 2.21. The Morgan fingerprint density at radius 2 is 1.96 bits per heavy atom. The Morgan fingerprint density at radius 1 is 1.14 bits per heavy atom. The van der Waals surface area contributed by atoms with Gasteiger partial charge in [0.15, 0.2) is 0 Å². The lowest BCUT2D eigenvalue weighted by Crippen LogP contribution is -2.29. The number of hydrogen-bond donors (Lipinski definition) is 0. The van der Waals surface area contributed by atoms with Crippen molar-refractivity contribution in [2.24, 2.45) is 0 Å². The van der Waals surface area contributed by atoms with Gasteiger partial charge in [-0.1, -0.05) is 18.2 Å². The van der Waals surface area contributed by atoms with Crippen LogP contribution < -0.4 is 4.18 Å². The largest absolute Gasteiger partial charge is 0.467 e. The summed E-state index contributed by atoms with van der Waals surface area (Å²) in [5, 5.41) is 1.20. The van der Waals surface area contributed by atoms with E-state index in [9.17, 15) is 13.2 Å². The van der Waals surface area contributed by atoms with Crippen molar-refractivity contribution in [2.45, 2.75) is 32.2 Å². The summed E-state index contributed by atoms with van der Waals surface area (Å²) < 4.78 is 34.6. The van der Waals surface area contributed by atoms with Crippen LogP contribution in [0.3, 0.4) is 0 Å². The molecule has 2 heterocycles. The van der Waals surface area contributed by atoms with E-state index in [4.69, 9.17) is 8.60 Å². The lowest BCUT2D eigenvalue weighted by Gasteiger charge is -2.21. The minimum Gasteiger partial charge on any atom is -0.467 e. The normalized spacial score (nSPS) is 11.5. The molecular weight excluding hydrogens is 398 g/mol. The Bertz CT molecular complexity index is 1010. The Balaban J connectivity index is 1.82. The van der Waals surface area contributed by atoms with E-state index in [0.717, 1.165) is 5.56 Å². The summed E-state index contributed by atoms with van der Waals surface area (Å²) in [6, 6.07) is 13.9. The van der Waals surface area contributed by atoms with Crippen LogP contribution in [0.15, 0.2) is 64.6 Å². The van der Waals surface area contributed by atoms with Gasteiger partial charge in [-0.2, -0.15) is 8.42 Å². The molecular formula is C20H21NO5S2. The van der Waals surface area contributed by atoms with Gasteiger partial charge in [0.25, 0.3) is 5.91 Å². The fraction of sp³-hybridized carbons (Fsp3) is 0.250. The molecule has 148 valence electrons. The van der Waals surface area contributed by atoms with E-state index in [1.165, 1.54) is 11.3 Å². The average molecular weight is 420 g/mol. The third-order valence-corrected chi connectivity index (χ3v) is 6.44. The molecule has 2 aromatic heterocycles. The second-order valence-electron chi connectivity index (χ2n) is 6.49. The predicted octanol–water partition coefficient (Wildman–Crippen LogP) is 4.30. The number of carbonyl (C=O) groups excluding carboxylic acids is 1. The number of rotatable bonds is 8. The van der Waals surface area contributed by atoms with Crippen molar-refractivity contribution in [1.29, 1.82) is 0 Å². The summed E-state index contributed by atoms with van der Waals surface area (Å²) >= 11 is 1.37. The summed E-state index contributed by atoms with van der Waals surface area (Å²) in [6.45, 7) is 3.71. The van der Waals surface area contributed by atoms with Crippen LogP contribution in [0.2, 0.25) is 0 Å². The molecule has 0 unspecified atom stereocenters. The fourth-order valence-electron chi connectivity index (χ4n) is 2.49. The number of carbonyl (C=O) groups is 1. The van der Waals surface area contributed by atoms with Gasteiger partial charge < -0.3 is 13.5 Å². The van der Waals surface area contributed by atoms with Crippen molar-refractivity contribution in [3.8, 4) is 5.75 Å². The van der Waals surface area contributed by atoms with Crippen molar-refractivity contribution in [3.63, 3.8) is 0 Å². The predicted molar refractivity (Wildman–Crippen MR) is 108 cm³/mol. The van der Waals surface area contributed by atoms with E-state index in [2.05, 4.69) is 0 Å². The summed E-state index contributed by atoms with van der Waals surface area (Å²) in [6.07, 6.45) is 1.56. The number of amides is 1. The van der Waals surface area contributed by atoms with Crippen molar-refractivity contribution in [2.75, 3.05) is 0 Å². The first-order valence-electron chi connectivity index (χ1n) is 8.72. The molecule has 1 amide bonds. The molecule has 3 aromatic rings. The molecule has 0 atom stereocenters. The number of hydrogen-bond acceptors (Lipinski definition) is 6. The van der Waals surface area contributed by atoms with E-state index in [1.54, 1.807) is 55.3 Å². The van der Waals surface area contributed by atoms with E-state index in [-0.39, 0.29) is 18.2 Å². The molecule has 28 heavy (non-hydrogen) atoms. The first-order valence-corrected chi connectivity index (χ1v) is 11.1. The van der Waals surface area contributed by atoms with Crippen LogP contribution in [0.4, 0.5) is 0 Å².